The van der Waals surface area contributed by atoms with Crippen molar-refractivity contribution >= 4 is 17.6 Å². The Morgan fingerprint density at radius 3 is 2.08 bits per heavy atom. The van der Waals surface area contributed by atoms with E-state index in [0.717, 1.165) is 5.56 Å². The van der Waals surface area contributed by atoms with E-state index >= 15 is 0 Å². The zero-order valence-electron chi connectivity index (χ0n) is 14.2. The maximum Gasteiger partial charge on any atom is 0.335 e. The van der Waals surface area contributed by atoms with Crippen LogP contribution in [0.3, 0.4) is 0 Å². The quantitative estimate of drug-likeness (QED) is 0.801. The van der Waals surface area contributed by atoms with Gasteiger partial charge in [-0.1, -0.05) is 17.7 Å². The van der Waals surface area contributed by atoms with Crippen molar-refractivity contribution in [1.29, 1.82) is 0 Å². The van der Waals surface area contributed by atoms with Crippen LogP contribution in [-0.4, -0.2) is 37.8 Å². The van der Waals surface area contributed by atoms with Gasteiger partial charge in [-0.15, -0.1) is 0 Å². The van der Waals surface area contributed by atoms with Gasteiger partial charge in [0.05, 0.1) is 19.8 Å². The van der Waals surface area contributed by atoms with Crippen LogP contribution in [0.15, 0.2) is 36.4 Å². The minimum Gasteiger partial charge on any atom is -0.493 e. The molecular weight excluding hydrogens is 326 g/mol. The summed E-state index contributed by atoms with van der Waals surface area (Å²) in [6.45, 7) is 1.67. The molecule has 0 fully saturated rings. The molecule has 7 heteroatoms. The molecule has 0 aromatic heterocycles. The zero-order valence-corrected chi connectivity index (χ0v) is 14.2. The lowest BCUT2D eigenvalue weighted by molar-refractivity contribution is -0.118. The second-order valence-electron chi connectivity index (χ2n) is 5.22. The number of ether oxygens (including phenoxy) is 3. The molecule has 132 valence electrons. The molecule has 0 spiro atoms. The predicted octanol–water partition coefficient (Wildman–Crippen LogP) is 2.73. The van der Waals surface area contributed by atoms with Crippen LogP contribution in [0.2, 0.25) is 0 Å². The number of aryl methyl sites for hydroxylation is 1. The second-order valence-corrected chi connectivity index (χ2v) is 5.22. The Morgan fingerprint density at radius 2 is 1.60 bits per heavy atom. The van der Waals surface area contributed by atoms with Gasteiger partial charge in [0.25, 0.3) is 5.91 Å². The summed E-state index contributed by atoms with van der Waals surface area (Å²) in [5, 5.41) is 11.8. The van der Waals surface area contributed by atoms with Crippen molar-refractivity contribution in [2.24, 2.45) is 0 Å². The van der Waals surface area contributed by atoms with Gasteiger partial charge in [0.1, 0.15) is 0 Å². The highest BCUT2D eigenvalue weighted by Gasteiger charge is 2.18. The molecule has 0 atom stereocenters. The van der Waals surface area contributed by atoms with E-state index in [-0.39, 0.29) is 35.3 Å². The SMILES string of the molecule is COc1cc(C(=O)O)cc(OC)c1OCC(=O)Nc1ccc(C)cc1. The minimum absolute atomic E-state index is 0.00911. The third kappa shape index (κ3) is 4.63. The van der Waals surface area contributed by atoms with Gasteiger partial charge in [-0.25, -0.2) is 4.79 Å². The largest absolute Gasteiger partial charge is 0.493 e. The van der Waals surface area contributed by atoms with E-state index in [1.807, 2.05) is 19.1 Å². The number of hydrogen-bond donors (Lipinski definition) is 2. The molecule has 2 N–H and O–H groups in total. The fraction of sp³-hybridized carbons (Fsp3) is 0.222. The summed E-state index contributed by atoms with van der Waals surface area (Å²) < 4.78 is 15.8. The number of nitrogens with one attached hydrogen (secondary N) is 1. The van der Waals surface area contributed by atoms with Crippen LogP contribution >= 0.6 is 0 Å². The van der Waals surface area contributed by atoms with Crippen LogP contribution in [-0.2, 0) is 4.79 Å². The van der Waals surface area contributed by atoms with Gasteiger partial charge in [-0.3, -0.25) is 4.79 Å². The molecule has 0 aliphatic carbocycles. The number of hydrogen-bond acceptors (Lipinski definition) is 5. The Labute approximate surface area is 145 Å². The van der Waals surface area contributed by atoms with E-state index in [4.69, 9.17) is 19.3 Å². The van der Waals surface area contributed by atoms with Gasteiger partial charge in [-0.05, 0) is 31.2 Å². The fourth-order valence-electron chi connectivity index (χ4n) is 2.12. The molecule has 0 unspecified atom stereocenters. The molecule has 0 aliphatic heterocycles. The Balaban J connectivity index is 2.12. The van der Waals surface area contributed by atoms with Gasteiger partial charge in [0.2, 0.25) is 5.75 Å². The number of methoxy groups -OCH3 is 2. The second kappa shape index (κ2) is 8.05. The number of carbonyl (C=O) groups is 2. The topological polar surface area (TPSA) is 94.1 Å². The number of carbonyl (C=O) groups excluding carboxylic acids is 1. The molecule has 0 radical (unpaired) electrons. The molecule has 0 saturated carbocycles. The summed E-state index contributed by atoms with van der Waals surface area (Å²) in [5.74, 6) is -0.996. The zero-order chi connectivity index (χ0) is 18.4. The summed E-state index contributed by atoms with van der Waals surface area (Å²) in [4.78, 5) is 23.2. The molecule has 0 saturated heterocycles. The number of rotatable bonds is 7. The summed E-state index contributed by atoms with van der Waals surface area (Å²) in [5.41, 5.74) is 1.73. The van der Waals surface area contributed by atoms with Gasteiger partial charge in [-0.2, -0.15) is 0 Å². The number of amides is 1. The lowest BCUT2D eigenvalue weighted by atomic mass is 10.2. The van der Waals surface area contributed by atoms with Crippen molar-refractivity contribution in [3.63, 3.8) is 0 Å². The first-order chi connectivity index (χ1) is 11.9. The number of benzene rings is 2. The Hall–Kier alpha value is -3.22. The van der Waals surface area contributed by atoms with E-state index in [0.29, 0.717) is 5.69 Å². The molecular formula is C18H19NO6. The van der Waals surface area contributed by atoms with Crippen LogP contribution < -0.4 is 19.5 Å². The fourth-order valence-corrected chi connectivity index (χ4v) is 2.12. The molecule has 2 aromatic rings. The van der Waals surface area contributed by atoms with Crippen LogP contribution in [0, 0.1) is 6.92 Å². The third-order valence-corrected chi connectivity index (χ3v) is 3.39. The molecule has 25 heavy (non-hydrogen) atoms. The Kier molecular flexibility index (Phi) is 5.84. The first kappa shape index (κ1) is 18.1. The molecule has 1 amide bonds. The van der Waals surface area contributed by atoms with Gasteiger partial charge in [0, 0.05) is 5.69 Å². The highest BCUT2D eigenvalue weighted by molar-refractivity contribution is 5.92. The monoisotopic (exact) mass is 345 g/mol. The Morgan fingerprint density at radius 1 is 1.04 bits per heavy atom. The van der Waals surface area contributed by atoms with Gasteiger partial charge < -0.3 is 24.6 Å². The third-order valence-electron chi connectivity index (χ3n) is 3.39. The summed E-state index contributed by atoms with van der Waals surface area (Å²) in [6, 6.07) is 9.95. The highest BCUT2D eigenvalue weighted by atomic mass is 16.5. The van der Waals surface area contributed by atoms with Crippen LogP contribution in [0.4, 0.5) is 5.69 Å². The van der Waals surface area contributed by atoms with Crippen molar-refractivity contribution < 1.29 is 28.9 Å². The van der Waals surface area contributed by atoms with E-state index in [2.05, 4.69) is 5.32 Å². The molecule has 2 rings (SSSR count). The molecule has 7 nitrogen and oxygen atoms in total. The molecule has 2 aromatic carbocycles. The number of anilines is 1. The molecule has 0 heterocycles. The van der Waals surface area contributed by atoms with Crippen molar-refractivity contribution in [2.75, 3.05) is 26.1 Å². The maximum absolute atomic E-state index is 12.0. The normalized spacial score (nSPS) is 10.0. The number of carboxylic acid groups (broad SMARTS) is 1. The van der Waals surface area contributed by atoms with Crippen molar-refractivity contribution in [1.82, 2.24) is 0 Å². The minimum atomic E-state index is -1.12. The van der Waals surface area contributed by atoms with Crippen molar-refractivity contribution in [2.45, 2.75) is 6.92 Å². The number of carboxylic acids is 1. The Bertz CT molecular complexity index is 745. The van der Waals surface area contributed by atoms with Crippen molar-refractivity contribution in [3.05, 3.63) is 47.5 Å². The van der Waals surface area contributed by atoms with Crippen molar-refractivity contribution in [3.8, 4) is 17.2 Å². The summed E-state index contributed by atoms with van der Waals surface area (Å²) in [7, 11) is 2.75. The maximum atomic E-state index is 12.0. The van der Waals surface area contributed by atoms with E-state index in [1.54, 1.807) is 12.1 Å². The van der Waals surface area contributed by atoms with Gasteiger partial charge >= 0.3 is 5.97 Å². The van der Waals surface area contributed by atoms with E-state index in [9.17, 15) is 9.59 Å². The lowest BCUT2D eigenvalue weighted by Crippen LogP contribution is -2.20. The molecule has 0 bridgehead atoms. The van der Waals surface area contributed by atoms with E-state index < -0.39 is 5.97 Å². The summed E-state index contributed by atoms with van der Waals surface area (Å²) >= 11 is 0. The smallest absolute Gasteiger partial charge is 0.335 e. The first-order valence-corrected chi connectivity index (χ1v) is 7.43. The highest BCUT2D eigenvalue weighted by Crippen LogP contribution is 2.38. The van der Waals surface area contributed by atoms with E-state index in [1.165, 1.54) is 26.4 Å². The average molecular weight is 345 g/mol. The lowest BCUT2D eigenvalue weighted by Gasteiger charge is -2.15. The van der Waals surface area contributed by atoms with Crippen LogP contribution in [0.5, 0.6) is 17.2 Å². The predicted molar refractivity (Wildman–Crippen MR) is 91.8 cm³/mol. The standard InChI is InChI=1S/C18H19NO6/c1-11-4-6-13(7-5-11)19-16(20)10-25-17-14(23-2)8-12(18(21)22)9-15(17)24-3/h4-9H,10H2,1-3H3,(H,19,20)(H,21,22). The number of aromatic carboxylic acids is 1. The average Bonchev–Trinajstić information content (AvgIpc) is 2.61. The summed E-state index contributed by atoms with van der Waals surface area (Å²) in [6.07, 6.45) is 0. The van der Waals surface area contributed by atoms with Crippen LogP contribution in [0.25, 0.3) is 0 Å². The van der Waals surface area contributed by atoms with Crippen LogP contribution in [0.1, 0.15) is 15.9 Å². The first-order valence-electron chi connectivity index (χ1n) is 7.43. The molecule has 0 aliphatic rings. The van der Waals surface area contributed by atoms with Gasteiger partial charge in [0.15, 0.2) is 18.1 Å².